The van der Waals surface area contributed by atoms with E-state index in [1.165, 1.54) is 0 Å². The lowest BCUT2D eigenvalue weighted by Gasteiger charge is -2.34. The van der Waals surface area contributed by atoms with Crippen LogP contribution < -0.4 is 0 Å². The quantitative estimate of drug-likeness (QED) is 0.719. The number of para-hydroxylation sites is 1. The molecule has 0 radical (unpaired) electrons. The van der Waals surface area contributed by atoms with Gasteiger partial charge in [-0.3, -0.25) is 4.98 Å². The van der Waals surface area contributed by atoms with Gasteiger partial charge in [0.1, 0.15) is 11.3 Å². The van der Waals surface area contributed by atoms with Crippen molar-refractivity contribution < 1.29 is 9.47 Å². The Labute approximate surface area is 148 Å². The third kappa shape index (κ3) is 3.02. The fourth-order valence-corrected chi connectivity index (χ4v) is 4.08. The van der Waals surface area contributed by atoms with Crippen molar-refractivity contribution in [3.05, 3.63) is 36.3 Å². The Morgan fingerprint density at radius 2 is 1.88 bits per heavy atom. The van der Waals surface area contributed by atoms with E-state index in [2.05, 4.69) is 42.5 Å². The van der Waals surface area contributed by atoms with E-state index in [9.17, 15) is 0 Å². The van der Waals surface area contributed by atoms with Gasteiger partial charge in [0.15, 0.2) is 5.79 Å². The lowest BCUT2D eigenvalue weighted by Crippen LogP contribution is -2.35. The number of aryl methyl sites for hydroxylation is 1. The fourth-order valence-electron chi connectivity index (χ4n) is 4.08. The lowest BCUT2D eigenvalue weighted by atomic mass is 9.85. The second kappa shape index (κ2) is 5.78. The molecule has 0 N–H and O–H groups in total. The number of hydrogen-bond donors (Lipinski definition) is 0. The first kappa shape index (κ1) is 16.5. The summed E-state index contributed by atoms with van der Waals surface area (Å²) in [7, 11) is 0. The van der Waals surface area contributed by atoms with Gasteiger partial charge in [0.05, 0.1) is 30.4 Å². The molecule has 4 rings (SSSR count). The van der Waals surface area contributed by atoms with Crippen LogP contribution in [0.2, 0.25) is 0 Å². The van der Waals surface area contributed by atoms with E-state index in [1.807, 2.05) is 25.3 Å². The van der Waals surface area contributed by atoms with E-state index in [1.54, 1.807) is 0 Å². The fraction of sp³-hybridized carbons (Fsp3) is 0.500. The molecule has 2 aromatic heterocycles. The van der Waals surface area contributed by atoms with Crippen molar-refractivity contribution in [2.45, 2.75) is 46.4 Å². The van der Waals surface area contributed by atoms with Crippen LogP contribution in [0.4, 0.5) is 0 Å². The Hall–Kier alpha value is -1.98. The Balaban J connectivity index is 1.75. The summed E-state index contributed by atoms with van der Waals surface area (Å²) in [6.07, 6.45) is 2.71. The molecule has 3 aromatic rings. The van der Waals surface area contributed by atoms with Crippen LogP contribution in [-0.2, 0) is 16.0 Å². The minimum atomic E-state index is -0.489. The first-order chi connectivity index (χ1) is 11.9. The normalized spacial score (nSPS) is 17.6. The monoisotopic (exact) mass is 339 g/mol. The number of fused-ring (bicyclic) bond motifs is 3. The molecule has 0 atom stereocenters. The smallest absolute Gasteiger partial charge is 0.166 e. The number of ether oxygens (including phenoxy) is 2. The third-order valence-electron chi connectivity index (χ3n) is 4.95. The van der Waals surface area contributed by atoms with Gasteiger partial charge in [-0.15, -0.1) is 0 Å². The minimum Gasteiger partial charge on any atom is -0.348 e. The highest BCUT2D eigenvalue weighted by Crippen LogP contribution is 2.36. The van der Waals surface area contributed by atoms with Gasteiger partial charge < -0.3 is 14.0 Å². The Bertz CT molecular complexity index is 923. The van der Waals surface area contributed by atoms with Gasteiger partial charge in [0, 0.05) is 18.4 Å². The van der Waals surface area contributed by atoms with Gasteiger partial charge >= 0.3 is 0 Å². The number of benzene rings is 1. The number of aromatic nitrogens is 3. The highest BCUT2D eigenvalue weighted by molar-refractivity contribution is 6.02. The maximum absolute atomic E-state index is 5.83. The van der Waals surface area contributed by atoms with Crippen molar-refractivity contribution in [1.29, 1.82) is 0 Å². The molecular formula is C20H25N3O2. The van der Waals surface area contributed by atoms with Crippen molar-refractivity contribution in [2.24, 2.45) is 5.41 Å². The van der Waals surface area contributed by atoms with E-state index in [0.29, 0.717) is 13.2 Å². The van der Waals surface area contributed by atoms with Crippen LogP contribution in [0.3, 0.4) is 0 Å². The van der Waals surface area contributed by atoms with Crippen molar-refractivity contribution in [1.82, 2.24) is 14.5 Å². The van der Waals surface area contributed by atoms with Crippen LogP contribution in [0.5, 0.6) is 0 Å². The van der Waals surface area contributed by atoms with Gasteiger partial charge in [0.2, 0.25) is 0 Å². The Kier molecular flexibility index (Phi) is 3.81. The predicted octanol–water partition coefficient (Wildman–Crippen LogP) is 4.07. The summed E-state index contributed by atoms with van der Waals surface area (Å²) in [6.45, 7) is 10.8. The van der Waals surface area contributed by atoms with Gasteiger partial charge in [0.25, 0.3) is 0 Å². The number of rotatable bonds is 4. The molecule has 1 saturated heterocycles. The number of imidazole rings is 1. The van der Waals surface area contributed by atoms with Crippen LogP contribution >= 0.6 is 0 Å². The van der Waals surface area contributed by atoms with E-state index in [0.717, 1.165) is 40.7 Å². The molecule has 5 nitrogen and oxygen atoms in total. The molecule has 132 valence electrons. The zero-order valence-corrected chi connectivity index (χ0v) is 15.4. The largest absolute Gasteiger partial charge is 0.348 e. The van der Waals surface area contributed by atoms with Crippen LogP contribution in [-0.4, -0.2) is 33.5 Å². The molecule has 1 aromatic carbocycles. The topological polar surface area (TPSA) is 49.2 Å². The van der Waals surface area contributed by atoms with Crippen LogP contribution in [0.15, 0.2) is 30.5 Å². The molecule has 0 amide bonds. The van der Waals surface area contributed by atoms with Gasteiger partial charge in [-0.1, -0.05) is 32.0 Å². The SMILES string of the molecule is Cc1nc2cnc3ccccc3c2n1CC(C)(C)CC1(C)OCCO1. The summed E-state index contributed by atoms with van der Waals surface area (Å²) >= 11 is 0. The standard InChI is InChI=1S/C20H25N3O2/c1-14-22-17-11-21-16-8-6-5-7-15(16)18(17)23(14)13-19(2,3)12-20(4)24-9-10-25-20/h5-8,11H,9-10,12-13H2,1-4H3. The van der Waals surface area contributed by atoms with E-state index < -0.39 is 5.79 Å². The molecular weight excluding hydrogens is 314 g/mol. The molecule has 1 fully saturated rings. The van der Waals surface area contributed by atoms with Crippen LogP contribution in [0, 0.1) is 12.3 Å². The number of nitrogens with zero attached hydrogens (tertiary/aromatic N) is 3. The average molecular weight is 339 g/mol. The third-order valence-corrected chi connectivity index (χ3v) is 4.95. The molecule has 5 heteroatoms. The second-order valence-corrected chi connectivity index (χ2v) is 7.93. The van der Waals surface area contributed by atoms with Crippen LogP contribution in [0.25, 0.3) is 21.9 Å². The number of pyridine rings is 1. The van der Waals surface area contributed by atoms with Gasteiger partial charge in [-0.05, 0) is 25.3 Å². The summed E-state index contributed by atoms with van der Waals surface area (Å²) in [4.78, 5) is 9.27. The highest BCUT2D eigenvalue weighted by Gasteiger charge is 2.38. The van der Waals surface area contributed by atoms with E-state index in [4.69, 9.17) is 14.5 Å². The first-order valence-corrected chi connectivity index (χ1v) is 8.85. The molecule has 1 aliphatic rings. The van der Waals surface area contributed by atoms with E-state index >= 15 is 0 Å². The van der Waals surface area contributed by atoms with Gasteiger partial charge in [-0.2, -0.15) is 0 Å². The first-order valence-electron chi connectivity index (χ1n) is 8.85. The Morgan fingerprint density at radius 1 is 1.16 bits per heavy atom. The van der Waals surface area contributed by atoms with Crippen molar-refractivity contribution in [2.75, 3.05) is 13.2 Å². The molecule has 3 heterocycles. The average Bonchev–Trinajstić information content (AvgIpc) is 3.10. The second-order valence-electron chi connectivity index (χ2n) is 7.93. The maximum atomic E-state index is 5.83. The van der Waals surface area contributed by atoms with E-state index in [-0.39, 0.29) is 5.41 Å². The summed E-state index contributed by atoms with van der Waals surface area (Å²) in [5, 5.41) is 1.15. The Morgan fingerprint density at radius 3 is 2.64 bits per heavy atom. The zero-order chi connectivity index (χ0) is 17.7. The molecule has 0 aliphatic carbocycles. The molecule has 0 bridgehead atoms. The van der Waals surface area contributed by atoms with Crippen molar-refractivity contribution in [3.63, 3.8) is 0 Å². The number of hydrogen-bond acceptors (Lipinski definition) is 4. The van der Waals surface area contributed by atoms with Crippen LogP contribution in [0.1, 0.15) is 33.0 Å². The molecule has 0 saturated carbocycles. The summed E-state index contributed by atoms with van der Waals surface area (Å²) in [5.41, 5.74) is 3.12. The zero-order valence-electron chi connectivity index (χ0n) is 15.4. The predicted molar refractivity (Wildman–Crippen MR) is 98.5 cm³/mol. The highest BCUT2D eigenvalue weighted by atomic mass is 16.7. The summed E-state index contributed by atoms with van der Waals surface area (Å²) in [6, 6.07) is 8.25. The molecule has 1 aliphatic heterocycles. The summed E-state index contributed by atoms with van der Waals surface area (Å²) in [5.74, 6) is 0.525. The van der Waals surface area contributed by atoms with Crippen molar-refractivity contribution >= 4 is 21.9 Å². The molecule has 25 heavy (non-hydrogen) atoms. The summed E-state index contributed by atoms with van der Waals surface area (Å²) < 4.78 is 14.0. The van der Waals surface area contributed by atoms with Crippen molar-refractivity contribution in [3.8, 4) is 0 Å². The lowest BCUT2D eigenvalue weighted by molar-refractivity contribution is -0.164. The maximum Gasteiger partial charge on any atom is 0.166 e. The molecule has 0 unspecified atom stereocenters. The van der Waals surface area contributed by atoms with Gasteiger partial charge in [-0.25, -0.2) is 4.98 Å². The molecule has 0 spiro atoms. The minimum absolute atomic E-state index is 0.00184.